The Labute approximate surface area is 146 Å². The summed E-state index contributed by atoms with van der Waals surface area (Å²) < 4.78 is -1.14. The van der Waals surface area contributed by atoms with Gasteiger partial charge in [0.25, 0.3) is 0 Å². The van der Waals surface area contributed by atoms with Crippen LogP contribution in [-0.4, -0.2) is 17.1 Å². The van der Waals surface area contributed by atoms with Gasteiger partial charge < -0.3 is 10.8 Å². The summed E-state index contributed by atoms with van der Waals surface area (Å²) in [5.41, 5.74) is 6.30. The molecule has 0 amide bonds. The molecular formula is C9H11I4MoNO2. The average Bonchev–Trinajstić information content (AvgIpc) is 2.16. The first-order valence-corrected chi connectivity index (χ1v) is 28.2. The number of hydrogen-bond acceptors (Lipinski definition) is 2. The van der Waals surface area contributed by atoms with Crippen molar-refractivity contribution in [1.29, 1.82) is 0 Å². The van der Waals surface area contributed by atoms with Gasteiger partial charge in [-0.3, -0.25) is 4.79 Å². The van der Waals surface area contributed by atoms with Crippen molar-refractivity contribution < 1.29 is 11.2 Å². The molecule has 0 radical (unpaired) electrons. The second-order valence-electron chi connectivity index (χ2n) is 2.98. The van der Waals surface area contributed by atoms with Gasteiger partial charge in [0.15, 0.2) is 0 Å². The first kappa shape index (κ1) is 19.3. The molecule has 1 atom stereocenters. The molecule has 1 unspecified atom stereocenters. The van der Waals surface area contributed by atoms with Crippen LogP contribution >= 0.6 is 77.4 Å². The molecular weight excluding hydrogens is 758 g/mol. The van der Waals surface area contributed by atoms with Crippen LogP contribution in [0, 0.1) is 0 Å². The molecule has 17 heavy (non-hydrogen) atoms. The van der Waals surface area contributed by atoms with E-state index in [0.29, 0.717) is 6.42 Å². The first-order valence-electron chi connectivity index (χ1n) is 4.34. The maximum absolute atomic E-state index is 10.4. The second-order valence-corrected chi connectivity index (χ2v) is 95.8. The van der Waals surface area contributed by atoms with Crippen molar-refractivity contribution in [2.45, 2.75) is 12.5 Å². The van der Waals surface area contributed by atoms with Crippen molar-refractivity contribution in [3.05, 3.63) is 35.9 Å². The van der Waals surface area contributed by atoms with Crippen LogP contribution in [0.3, 0.4) is 0 Å². The Kier molecular flexibility index (Phi) is 11.4. The number of carboxylic acid groups (broad SMARTS) is 1. The predicted molar refractivity (Wildman–Crippen MR) is 102 cm³/mol. The minimum atomic E-state index is -1.14. The zero-order valence-electron chi connectivity index (χ0n) is 8.52. The van der Waals surface area contributed by atoms with Crippen molar-refractivity contribution in [3.8, 4) is 0 Å². The van der Waals surface area contributed by atoms with Crippen molar-refractivity contribution in [2.75, 3.05) is 0 Å². The number of aliphatic carboxylic acids is 1. The van der Waals surface area contributed by atoms with Crippen LogP contribution in [0.2, 0.25) is 0 Å². The molecule has 1 rings (SSSR count). The molecule has 8 heteroatoms. The molecule has 0 fully saturated rings. The maximum atomic E-state index is 10.4. The molecule has 3 nitrogen and oxygen atoms in total. The van der Waals surface area contributed by atoms with Crippen LogP contribution in [-0.2, 0) is 12.5 Å². The molecule has 3 N–H and O–H groups in total. The topological polar surface area (TPSA) is 63.3 Å². The first-order chi connectivity index (χ1) is 7.70. The molecule has 0 aromatic heterocycles. The van der Waals surface area contributed by atoms with Crippen molar-refractivity contribution >= 4 is 83.4 Å². The molecule has 1 aromatic carbocycles. The van der Waals surface area contributed by atoms with E-state index in [0.717, 1.165) is 5.56 Å². The molecule has 1 aromatic rings. The number of nitrogens with two attached hydrogens (primary N) is 1. The quantitative estimate of drug-likeness (QED) is 0.359. The van der Waals surface area contributed by atoms with Gasteiger partial charge in [-0.15, -0.1) is 0 Å². The van der Waals surface area contributed by atoms with Crippen molar-refractivity contribution in [1.82, 2.24) is 0 Å². The Hall–Kier alpha value is 2.26. The Morgan fingerprint density at radius 3 is 2.00 bits per heavy atom. The zero-order chi connectivity index (χ0) is 13.5. The van der Waals surface area contributed by atoms with Crippen LogP contribution in [0.1, 0.15) is 5.56 Å². The number of benzene rings is 1. The molecule has 0 bridgehead atoms. The molecule has 0 saturated carbocycles. The Morgan fingerprint density at radius 1 is 1.24 bits per heavy atom. The predicted octanol–water partition coefficient (Wildman–Crippen LogP) is 4.18. The summed E-state index contributed by atoms with van der Waals surface area (Å²) in [4.78, 5) is 10.4. The second kappa shape index (κ2) is 10.1. The van der Waals surface area contributed by atoms with Gasteiger partial charge in [-0.25, -0.2) is 0 Å². The summed E-state index contributed by atoms with van der Waals surface area (Å²) in [6.45, 7) is 0. The molecule has 98 valence electrons. The van der Waals surface area contributed by atoms with Gasteiger partial charge in [-0.1, -0.05) is 30.3 Å². The number of carbonyl (C=O) groups is 1. The Morgan fingerprint density at radius 2 is 1.65 bits per heavy atom. The SMILES string of the molecule is NC(Cc1ccccc1)C(=O)O.[I][Mo]([I])([I])[I]. The number of hydrogen-bond donors (Lipinski definition) is 2. The molecule has 0 aliphatic rings. The van der Waals surface area contributed by atoms with Gasteiger partial charge in [0.05, 0.1) is 0 Å². The zero-order valence-corrected chi connectivity index (χ0v) is 19.2. The third-order valence-electron chi connectivity index (χ3n) is 1.62. The third-order valence-corrected chi connectivity index (χ3v) is 1.62. The van der Waals surface area contributed by atoms with E-state index in [9.17, 15) is 4.79 Å². The van der Waals surface area contributed by atoms with E-state index in [4.69, 9.17) is 10.8 Å². The third kappa shape index (κ3) is 14.5. The van der Waals surface area contributed by atoms with Gasteiger partial charge >= 0.3 is 84.7 Å². The van der Waals surface area contributed by atoms with E-state index in [-0.39, 0.29) is 0 Å². The standard InChI is InChI=1S/C9H11NO2.4HI.Mo/c10-8(9(11)12)6-7-4-2-1-3-5-7;;;;;/h1-5,8H,6,10H2,(H,11,12);4*1H;/q;;;;;+4/p-4. The van der Waals surface area contributed by atoms with Gasteiger partial charge in [-0.2, -0.15) is 0 Å². The van der Waals surface area contributed by atoms with E-state index in [2.05, 4.69) is 77.4 Å². The van der Waals surface area contributed by atoms with E-state index in [1.807, 2.05) is 30.3 Å². The van der Waals surface area contributed by atoms with Crippen LogP contribution in [0.5, 0.6) is 0 Å². The number of rotatable bonds is 3. The molecule has 0 saturated heterocycles. The van der Waals surface area contributed by atoms with Crippen LogP contribution in [0.4, 0.5) is 0 Å². The number of carboxylic acids is 1. The van der Waals surface area contributed by atoms with E-state index < -0.39 is 13.3 Å². The summed E-state index contributed by atoms with van der Waals surface area (Å²) >= 11 is 10.1. The van der Waals surface area contributed by atoms with Crippen LogP contribution in [0.15, 0.2) is 30.3 Å². The van der Waals surface area contributed by atoms with E-state index in [1.165, 1.54) is 0 Å². The van der Waals surface area contributed by atoms with E-state index >= 15 is 0 Å². The van der Waals surface area contributed by atoms with Crippen molar-refractivity contribution in [3.63, 3.8) is 0 Å². The van der Waals surface area contributed by atoms with Crippen molar-refractivity contribution in [2.24, 2.45) is 5.73 Å². The Bertz CT molecular complexity index is 339. The fourth-order valence-corrected chi connectivity index (χ4v) is 0.955. The fraction of sp³-hybridized carbons (Fsp3) is 0.222. The summed E-state index contributed by atoms with van der Waals surface area (Å²) in [7, 11) is 0. The summed E-state index contributed by atoms with van der Waals surface area (Å²) in [5, 5.41) is 8.52. The van der Waals surface area contributed by atoms with E-state index in [1.54, 1.807) is 0 Å². The van der Waals surface area contributed by atoms with Gasteiger partial charge in [0.1, 0.15) is 6.04 Å². The Balaban J connectivity index is 0.000000437. The van der Waals surface area contributed by atoms with Crippen LogP contribution in [0.25, 0.3) is 0 Å². The molecule has 0 spiro atoms. The van der Waals surface area contributed by atoms with Gasteiger partial charge in [-0.05, 0) is 12.0 Å². The average molecular weight is 769 g/mol. The minimum absolute atomic E-state index is 0.385. The van der Waals surface area contributed by atoms with Crippen LogP contribution < -0.4 is 5.73 Å². The summed E-state index contributed by atoms with van der Waals surface area (Å²) in [6.07, 6.45) is 0.385. The monoisotopic (exact) mass is 771 g/mol. The fourth-order valence-electron chi connectivity index (χ4n) is 0.955. The summed E-state index contributed by atoms with van der Waals surface area (Å²) in [5.74, 6) is -0.959. The summed E-state index contributed by atoms with van der Waals surface area (Å²) in [6, 6.07) is 8.54. The molecule has 0 heterocycles. The normalized spacial score (nSPS) is 13.2. The number of halogens is 4. The molecule has 0 aliphatic carbocycles. The van der Waals surface area contributed by atoms with Gasteiger partial charge in [0, 0.05) is 0 Å². The van der Waals surface area contributed by atoms with Gasteiger partial charge in [0.2, 0.25) is 0 Å². The molecule has 0 aliphatic heterocycles.